The third kappa shape index (κ3) is 4.18. The van der Waals surface area contributed by atoms with Gasteiger partial charge in [0.05, 0.1) is 5.69 Å². The molecular weight excluding hydrogens is 326 g/mol. The SMILES string of the molecule is CCN(CC)CCCNc1c(C)c(C)nc2cc(C3CCOCC3)nn12. The van der Waals surface area contributed by atoms with E-state index in [4.69, 9.17) is 14.8 Å². The van der Waals surface area contributed by atoms with E-state index in [1.165, 1.54) is 5.56 Å². The zero-order chi connectivity index (χ0) is 18.5. The Morgan fingerprint density at radius 1 is 1.23 bits per heavy atom. The van der Waals surface area contributed by atoms with E-state index in [2.05, 4.69) is 44.0 Å². The third-order valence-electron chi connectivity index (χ3n) is 5.58. The Balaban J connectivity index is 1.77. The van der Waals surface area contributed by atoms with Gasteiger partial charge in [-0.15, -0.1) is 0 Å². The van der Waals surface area contributed by atoms with Crippen LogP contribution in [0.15, 0.2) is 6.07 Å². The maximum absolute atomic E-state index is 5.49. The minimum atomic E-state index is 0.488. The van der Waals surface area contributed by atoms with Crippen molar-refractivity contribution in [3.05, 3.63) is 23.0 Å². The van der Waals surface area contributed by atoms with E-state index in [0.717, 1.165) is 81.5 Å². The molecule has 1 N–H and O–H groups in total. The number of nitrogens with one attached hydrogen (secondary N) is 1. The fraction of sp³-hybridized carbons (Fsp3) is 0.700. The van der Waals surface area contributed by atoms with Crippen LogP contribution < -0.4 is 5.32 Å². The average Bonchev–Trinajstić information content (AvgIpc) is 3.09. The van der Waals surface area contributed by atoms with E-state index in [1.807, 2.05) is 4.52 Å². The first-order valence-electron chi connectivity index (χ1n) is 10.0. The van der Waals surface area contributed by atoms with Gasteiger partial charge in [0.25, 0.3) is 0 Å². The highest BCUT2D eigenvalue weighted by Crippen LogP contribution is 2.28. The monoisotopic (exact) mass is 359 g/mol. The van der Waals surface area contributed by atoms with Gasteiger partial charge < -0.3 is 15.0 Å². The van der Waals surface area contributed by atoms with Crippen molar-refractivity contribution < 1.29 is 4.74 Å². The number of nitrogens with zero attached hydrogens (tertiary/aromatic N) is 4. The van der Waals surface area contributed by atoms with Crippen LogP contribution in [0, 0.1) is 13.8 Å². The van der Waals surface area contributed by atoms with Crippen LogP contribution in [0.25, 0.3) is 5.65 Å². The number of ether oxygens (including phenoxy) is 1. The fourth-order valence-corrected chi connectivity index (χ4v) is 3.67. The van der Waals surface area contributed by atoms with Crippen LogP contribution in [-0.4, -0.2) is 58.9 Å². The normalized spacial score (nSPS) is 15.9. The van der Waals surface area contributed by atoms with Gasteiger partial charge in [-0.1, -0.05) is 13.8 Å². The fourth-order valence-electron chi connectivity index (χ4n) is 3.67. The molecule has 1 aliphatic rings. The first-order chi connectivity index (χ1) is 12.6. The maximum Gasteiger partial charge on any atom is 0.157 e. The van der Waals surface area contributed by atoms with Crippen molar-refractivity contribution in [2.24, 2.45) is 0 Å². The van der Waals surface area contributed by atoms with E-state index >= 15 is 0 Å². The van der Waals surface area contributed by atoms with E-state index in [1.54, 1.807) is 0 Å². The van der Waals surface area contributed by atoms with Crippen molar-refractivity contribution in [3.63, 3.8) is 0 Å². The molecular formula is C20H33N5O. The number of aromatic nitrogens is 3. The second kappa shape index (κ2) is 8.82. The molecule has 6 heteroatoms. The number of rotatable bonds is 8. The van der Waals surface area contributed by atoms with Gasteiger partial charge in [-0.05, 0) is 52.7 Å². The lowest BCUT2D eigenvalue weighted by atomic mass is 9.97. The highest BCUT2D eigenvalue weighted by atomic mass is 16.5. The van der Waals surface area contributed by atoms with Crippen LogP contribution in [0.1, 0.15) is 56.0 Å². The molecule has 3 rings (SSSR count). The van der Waals surface area contributed by atoms with Gasteiger partial charge in [0, 0.05) is 43.0 Å². The standard InChI is InChI=1S/C20H33N5O/c1-5-24(6-2)11-7-10-21-20-15(3)16(4)22-19-14-18(23-25(19)20)17-8-12-26-13-9-17/h14,17,21H,5-13H2,1-4H3. The molecule has 2 aromatic heterocycles. The molecule has 6 nitrogen and oxygen atoms in total. The summed E-state index contributed by atoms with van der Waals surface area (Å²) in [5.74, 6) is 1.58. The van der Waals surface area contributed by atoms with Gasteiger partial charge in [0.1, 0.15) is 5.82 Å². The summed E-state index contributed by atoms with van der Waals surface area (Å²) >= 11 is 0. The summed E-state index contributed by atoms with van der Waals surface area (Å²) in [6.45, 7) is 14.6. The summed E-state index contributed by atoms with van der Waals surface area (Å²) in [6, 6.07) is 2.16. The number of anilines is 1. The van der Waals surface area contributed by atoms with Crippen LogP contribution in [0.3, 0.4) is 0 Å². The van der Waals surface area contributed by atoms with Crippen LogP contribution in [0.4, 0.5) is 5.82 Å². The number of hydrogen-bond acceptors (Lipinski definition) is 5. The Kier molecular flexibility index (Phi) is 6.48. The van der Waals surface area contributed by atoms with Gasteiger partial charge in [-0.3, -0.25) is 0 Å². The molecule has 0 bridgehead atoms. The van der Waals surface area contributed by atoms with Gasteiger partial charge in [0.15, 0.2) is 5.65 Å². The molecule has 0 aliphatic carbocycles. The molecule has 144 valence electrons. The topological polar surface area (TPSA) is 54.7 Å². The number of hydrogen-bond donors (Lipinski definition) is 1. The maximum atomic E-state index is 5.49. The van der Waals surface area contributed by atoms with Crippen molar-refractivity contribution in [2.75, 3.05) is 44.7 Å². The molecule has 1 fully saturated rings. The Bertz CT molecular complexity index is 717. The van der Waals surface area contributed by atoms with Crippen molar-refractivity contribution in [2.45, 2.75) is 52.9 Å². The van der Waals surface area contributed by atoms with E-state index < -0.39 is 0 Å². The number of aryl methyl sites for hydroxylation is 1. The van der Waals surface area contributed by atoms with Crippen LogP contribution in [0.2, 0.25) is 0 Å². The largest absolute Gasteiger partial charge is 0.381 e. The highest BCUT2D eigenvalue weighted by Gasteiger charge is 2.21. The van der Waals surface area contributed by atoms with E-state index in [0.29, 0.717) is 5.92 Å². The molecule has 0 atom stereocenters. The molecule has 0 amide bonds. The first-order valence-corrected chi connectivity index (χ1v) is 10.0. The zero-order valence-corrected chi connectivity index (χ0v) is 16.7. The molecule has 3 heterocycles. The van der Waals surface area contributed by atoms with Gasteiger partial charge >= 0.3 is 0 Å². The Morgan fingerprint density at radius 3 is 2.65 bits per heavy atom. The third-order valence-corrected chi connectivity index (χ3v) is 5.58. The molecule has 0 spiro atoms. The minimum Gasteiger partial charge on any atom is -0.381 e. The summed E-state index contributed by atoms with van der Waals surface area (Å²) < 4.78 is 7.50. The van der Waals surface area contributed by atoms with Crippen molar-refractivity contribution in [1.29, 1.82) is 0 Å². The highest BCUT2D eigenvalue weighted by molar-refractivity contribution is 5.55. The van der Waals surface area contributed by atoms with E-state index in [-0.39, 0.29) is 0 Å². The molecule has 0 radical (unpaired) electrons. The van der Waals surface area contributed by atoms with Crippen LogP contribution >= 0.6 is 0 Å². The predicted molar refractivity (Wildman–Crippen MR) is 106 cm³/mol. The summed E-state index contributed by atoms with van der Waals surface area (Å²) in [4.78, 5) is 7.21. The summed E-state index contributed by atoms with van der Waals surface area (Å²) in [6.07, 6.45) is 3.22. The Hall–Kier alpha value is -1.66. The average molecular weight is 360 g/mol. The summed E-state index contributed by atoms with van der Waals surface area (Å²) in [7, 11) is 0. The molecule has 0 unspecified atom stereocenters. The van der Waals surface area contributed by atoms with Gasteiger partial charge in [0.2, 0.25) is 0 Å². The second-order valence-corrected chi connectivity index (χ2v) is 7.20. The second-order valence-electron chi connectivity index (χ2n) is 7.20. The minimum absolute atomic E-state index is 0.488. The van der Waals surface area contributed by atoms with E-state index in [9.17, 15) is 0 Å². The quantitative estimate of drug-likeness (QED) is 0.732. The summed E-state index contributed by atoms with van der Waals surface area (Å²) in [5, 5.41) is 8.54. The van der Waals surface area contributed by atoms with Crippen LogP contribution in [0.5, 0.6) is 0 Å². The molecule has 26 heavy (non-hydrogen) atoms. The lowest BCUT2D eigenvalue weighted by Gasteiger charge is -2.20. The Labute approximate surface area is 156 Å². The lowest BCUT2D eigenvalue weighted by molar-refractivity contribution is 0.0844. The Morgan fingerprint density at radius 2 is 1.96 bits per heavy atom. The van der Waals surface area contributed by atoms with Gasteiger partial charge in [-0.2, -0.15) is 9.61 Å². The van der Waals surface area contributed by atoms with Crippen molar-refractivity contribution >= 4 is 11.5 Å². The molecule has 2 aromatic rings. The molecule has 1 aliphatic heterocycles. The zero-order valence-electron chi connectivity index (χ0n) is 16.7. The van der Waals surface area contributed by atoms with Crippen molar-refractivity contribution in [1.82, 2.24) is 19.5 Å². The van der Waals surface area contributed by atoms with Crippen LogP contribution in [-0.2, 0) is 4.74 Å². The summed E-state index contributed by atoms with van der Waals surface area (Å²) in [5.41, 5.74) is 4.35. The number of fused-ring (bicyclic) bond motifs is 1. The lowest BCUT2D eigenvalue weighted by Crippen LogP contribution is -2.25. The smallest absolute Gasteiger partial charge is 0.157 e. The van der Waals surface area contributed by atoms with Crippen molar-refractivity contribution in [3.8, 4) is 0 Å². The van der Waals surface area contributed by atoms with Gasteiger partial charge in [-0.25, -0.2) is 4.98 Å². The molecule has 1 saturated heterocycles. The molecule has 0 aromatic carbocycles. The predicted octanol–water partition coefficient (Wildman–Crippen LogP) is 3.38. The first kappa shape index (κ1) is 19.1. The molecule has 0 saturated carbocycles.